The second-order valence-corrected chi connectivity index (χ2v) is 20.7. The van der Waals surface area contributed by atoms with E-state index in [2.05, 4.69) is 55.6 Å². The molecule has 0 bridgehead atoms. The van der Waals surface area contributed by atoms with Crippen LogP contribution in [0.3, 0.4) is 0 Å². The topological polar surface area (TPSA) is 95.9 Å². The molecule has 404 valence electrons. The lowest BCUT2D eigenvalue weighted by Gasteiger charge is -2.20. The van der Waals surface area contributed by atoms with E-state index in [4.69, 9.17) is 4.74 Å². The molecule has 6 nitrogen and oxygen atoms in total. The Morgan fingerprint density at radius 2 is 0.739 bits per heavy atom. The molecule has 6 heteroatoms. The van der Waals surface area contributed by atoms with Gasteiger partial charge in [0.05, 0.1) is 25.4 Å². The van der Waals surface area contributed by atoms with Crippen LogP contribution in [-0.4, -0.2) is 47.4 Å². The van der Waals surface area contributed by atoms with Gasteiger partial charge in [-0.1, -0.05) is 268 Å². The predicted octanol–water partition coefficient (Wildman–Crippen LogP) is 19.0. The molecule has 0 rings (SSSR count). The first-order valence-corrected chi connectivity index (χ1v) is 30.4. The highest BCUT2D eigenvalue weighted by Gasteiger charge is 2.18. The van der Waals surface area contributed by atoms with Gasteiger partial charge >= 0.3 is 5.97 Å². The van der Waals surface area contributed by atoms with E-state index in [0.29, 0.717) is 19.4 Å². The lowest BCUT2D eigenvalue weighted by atomic mass is 10.0. The zero-order valence-corrected chi connectivity index (χ0v) is 46.0. The average Bonchev–Trinajstić information content (AvgIpc) is 3.35. The van der Waals surface area contributed by atoms with Crippen LogP contribution < -0.4 is 5.32 Å². The average molecular weight is 969 g/mol. The third kappa shape index (κ3) is 55.0. The van der Waals surface area contributed by atoms with Gasteiger partial charge in [-0.2, -0.15) is 0 Å². The number of allylic oxidation sites excluding steroid dienone is 7. The van der Waals surface area contributed by atoms with Crippen molar-refractivity contribution in [2.75, 3.05) is 13.2 Å². The molecule has 0 radical (unpaired) electrons. The molecule has 3 N–H and O–H groups in total. The monoisotopic (exact) mass is 968 g/mol. The van der Waals surface area contributed by atoms with E-state index in [-0.39, 0.29) is 18.5 Å². The van der Waals surface area contributed by atoms with E-state index in [1.807, 2.05) is 6.08 Å². The number of ether oxygens (including phenoxy) is 1. The van der Waals surface area contributed by atoms with Crippen LogP contribution in [0.25, 0.3) is 0 Å². The fourth-order valence-corrected chi connectivity index (χ4v) is 9.12. The van der Waals surface area contributed by atoms with Crippen molar-refractivity contribution >= 4 is 11.9 Å². The SMILES string of the molecule is CCCC/C=C\CCCCCCCC(=O)OCCCCCCCCCCC/C=C\C/C=C\CCCCCCCCCCCCCCCCCC(=O)NC(CO)C(O)/C=C/CCCCCCCCCC. The molecule has 0 aliphatic heterocycles. The van der Waals surface area contributed by atoms with Crippen LogP contribution in [-0.2, 0) is 14.3 Å². The Morgan fingerprint density at radius 1 is 0.406 bits per heavy atom. The van der Waals surface area contributed by atoms with Crippen molar-refractivity contribution in [3.63, 3.8) is 0 Å². The molecule has 1 amide bonds. The van der Waals surface area contributed by atoms with Gasteiger partial charge in [0.1, 0.15) is 0 Å². The van der Waals surface area contributed by atoms with E-state index in [9.17, 15) is 19.8 Å². The lowest BCUT2D eigenvalue weighted by Crippen LogP contribution is -2.45. The molecular formula is C63H117NO5. The number of hydrogen-bond donors (Lipinski definition) is 3. The van der Waals surface area contributed by atoms with Crippen molar-refractivity contribution in [3.05, 3.63) is 48.6 Å². The summed E-state index contributed by atoms with van der Waals surface area (Å²) in [5, 5.41) is 23.0. The Morgan fingerprint density at radius 3 is 1.16 bits per heavy atom. The number of aliphatic hydroxyl groups excluding tert-OH is 2. The van der Waals surface area contributed by atoms with Crippen LogP contribution in [0.2, 0.25) is 0 Å². The molecular weight excluding hydrogens is 851 g/mol. The van der Waals surface area contributed by atoms with E-state index in [0.717, 1.165) is 51.4 Å². The number of carbonyl (C=O) groups excluding carboxylic acids is 2. The molecule has 0 aliphatic carbocycles. The van der Waals surface area contributed by atoms with Crippen LogP contribution >= 0.6 is 0 Å². The highest BCUT2D eigenvalue weighted by Crippen LogP contribution is 2.16. The largest absolute Gasteiger partial charge is 0.466 e. The quantitative estimate of drug-likeness (QED) is 0.0321. The number of aliphatic hydroxyl groups is 2. The minimum absolute atomic E-state index is 0.00118. The van der Waals surface area contributed by atoms with E-state index in [1.54, 1.807) is 6.08 Å². The van der Waals surface area contributed by atoms with Crippen LogP contribution in [0.1, 0.15) is 316 Å². The van der Waals surface area contributed by atoms with Gasteiger partial charge in [0.25, 0.3) is 0 Å². The molecule has 0 aromatic heterocycles. The summed E-state index contributed by atoms with van der Waals surface area (Å²) in [5.41, 5.74) is 0. The highest BCUT2D eigenvalue weighted by molar-refractivity contribution is 5.76. The Hall–Kier alpha value is -2.18. The summed E-state index contributed by atoms with van der Waals surface area (Å²) in [7, 11) is 0. The fraction of sp³-hybridized carbons (Fsp3) is 0.841. The van der Waals surface area contributed by atoms with Gasteiger partial charge < -0.3 is 20.3 Å². The third-order valence-electron chi connectivity index (χ3n) is 13.8. The standard InChI is InChI=1S/C63H117NO5/c1-3-5-7-9-11-13-36-41-45-49-53-57-63(68)69-58-54-50-46-42-38-35-33-31-29-27-25-23-21-19-17-15-16-18-20-22-24-26-28-30-32-34-37-40-44-48-52-56-62(67)64-60(59-65)61(66)55-51-47-43-39-14-12-10-8-6-4-2/h9,11,17,19,23,25,51,55,60-61,65-66H,3-8,10,12-16,18,20-22,24,26-50,52-54,56-59H2,1-2H3,(H,64,67)/b11-9-,19-17-,25-23-,55-51+. The van der Waals surface area contributed by atoms with Gasteiger partial charge in [-0.25, -0.2) is 0 Å². The van der Waals surface area contributed by atoms with Crippen molar-refractivity contribution in [2.24, 2.45) is 0 Å². The molecule has 69 heavy (non-hydrogen) atoms. The summed E-state index contributed by atoms with van der Waals surface area (Å²) < 4.78 is 5.45. The second-order valence-electron chi connectivity index (χ2n) is 20.7. The maximum atomic E-state index is 12.4. The van der Waals surface area contributed by atoms with Gasteiger partial charge in [0.15, 0.2) is 0 Å². The van der Waals surface area contributed by atoms with Crippen LogP contribution in [0.5, 0.6) is 0 Å². The maximum absolute atomic E-state index is 12.4. The molecule has 0 fully saturated rings. The number of hydrogen-bond acceptors (Lipinski definition) is 5. The summed E-state index contributed by atoms with van der Waals surface area (Å²) in [6, 6.07) is -0.626. The van der Waals surface area contributed by atoms with Crippen molar-refractivity contribution in [3.8, 4) is 0 Å². The highest BCUT2D eigenvalue weighted by atomic mass is 16.5. The van der Waals surface area contributed by atoms with E-state index >= 15 is 0 Å². The first-order chi connectivity index (χ1) is 34.0. The number of amides is 1. The zero-order chi connectivity index (χ0) is 50.0. The van der Waals surface area contributed by atoms with Crippen LogP contribution in [0.4, 0.5) is 0 Å². The molecule has 0 saturated heterocycles. The number of unbranched alkanes of at least 4 members (excludes halogenated alkanes) is 39. The molecule has 0 aromatic carbocycles. The molecule has 0 aromatic rings. The molecule has 0 spiro atoms. The summed E-state index contributed by atoms with van der Waals surface area (Å²) in [6.07, 6.45) is 74.5. The van der Waals surface area contributed by atoms with Crippen molar-refractivity contribution < 1.29 is 24.5 Å². The normalized spacial score (nSPS) is 12.9. The molecule has 2 unspecified atom stereocenters. The minimum Gasteiger partial charge on any atom is -0.466 e. The van der Waals surface area contributed by atoms with E-state index in [1.165, 1.54) is 238 Å². The second kappa shape index (κ2) is 58.4. The third-order valence-corrected chi connectivity index (χ3v) is 13.8. The Labute approximate surface area is 429 Å². The van der Waals surface area contributed by atoms with Gasteiger partial charge in [0, 0.05) is 12.8 Å². The first kappa shape index (κ1) is 66.8. The van der Waals surface area contributed by atoms with Gasteiger partial charge in [-0.15, -0.1) is 0 Å². The van der Waals surface area contributed by atoms with Crippen molar-refractivity contribution in [1.82, 2.24) is 5.32 Å². The van der Waals surface area contributed by atoms with Gasteiger partial charge in [0.2, 0.25) is 5.91 Å². The minimum atomic E-state index is -0.842. The maximum Gasteiger partial charge on any atom is 0.305 e. The van der Waals surface area contributed by atoms with Crippen molar-refractivity contribution in [1.29, 1.82) is 0 Å². The molecule has 0 saturated carbocycles. The molecule has 2 atom stereocenters. The Kier molecular flexibility index (Phi) is 56.5. The number of nitrogens with one attached hydrogen (secondary N) is 1. The first-order valence-electron chi connectivity index (χ1n) is 30.4. The Balaban J connectivity index is 3.40. The lowest BCUT2D eigenvalue weighted by molar-refractivity contribution is -0.143. The van der Waals surface area contributed by atoms with Crippen LogP contribution in [0, 0.1) is 0 Å². The predicted molar refractivity (Wildman–Crippen MR) is 301 cm³/mol. The summed E-state index contributed by atoms with van der Waals surface area (Å²) in [5.74, 6) is -0.0681. The van der Waals surface area contributed by atoms with Crippen molar-refractivity contribution in [2.45, 2.75) is 328 Å². The smallest absolute Gasteiger partial charge is 0.305 e. The van der Waals surface area contributed by atoms with E-state index < -0.39 is 12.1 Å². The summed E-state index contributed by atoms with van der Waals surface area (Å²) in [4.78, 5) is 24.4. The summed E-state index contributed by atoms with van der Waals surface area (Å²) in [6.45, 7) is 4.84. The zero-order valence-electron chi connectivity index (χ0n) is 46.0. The number of esters is 1. The Bertz CT molecular complexity index is 1160. The van der Waals surface area contributed by atoms with Crippen LogP contribution in [0.15, 0.2) is 48.6 Å². The number of carbonyl (C=O) groups is 2. The molecule has 0 heterocycles. The fourth-order valence-electron chi connectivity index (χ4n) is 9.12. The van der Waals surface area contributed by atoms with Gasteiger partial charge in [-0.05, 0) is 83.5 Å². The molecule has 0 aliphatic rings. The van der Waals surface area contributed by atoms with Gasteiger partial charge in [-0.3, -0.25) is 9.59 Å². The number of rotatable bonds is 56. The summed E-state index contributed by atoms with van der Waals surface area (Å²) >= 11 is 0.